The fourth-order valence-electron chi connectivity index (χ4n) is 3.52. The van der Waals surface area contributed by atoms with E-state index in [-0.39, 0.29) is 41.3 Å². The van der Waals surface area contributed by atoms with Crippen molar-refractivity contribution in [2.45, 2.75) is 23.9 Å². The van der Waals surface area contributed by atoms with Crippen molar-refractivity contribution in [3.63, 3.8) is 0 Å². The van der Waals surface area contributed by atoms with E-state index in [9.17, 15) is 31.2 Å². The van der Waals surface area contributed by atoms with Crippen LogP contribution in [0.2, 0.25) is 0 Å². The molecule has 33 heavy (non-hydrogen) atoms. The maximum absolute atomic E-state index is 12.7. The highest BCUT2D eigenvalue weighted by atomic mass is 32.2. The number of benzene rings is 2. The summed E-state index contributed by atoms with van der Waals surface area (Å²) in [5, 5.41) is 2.73. The number of alkyl halides is 3. The predicted molar refractivity (Wildman–Crippen MR) is 116 cm³/mol. The van der Waals surface area contributed by atoms with Crippen LogP contribution in [0.1, 0.15) is 28.8 Å². The third-order valence-electron chi connectivity index (χ3n) is 5.49. The number of rotatable bonds is 5. The molecule has 1 saturated heterocycles. The minimum atomic E-state index is -4.47. The highest BCUT2D eigenvalue weighted by Crippen LogP contribution is 2.29. The second-order valence-electron chi connectivity index (χ2n) is 7.95. The lowest BCUT2D eigenvalue weighted by Crippen LogP contribution is -2.41. The molecule has 178 valence electrons. The first-order chi connectivity index (χ1) is 15.4. The Labute approximate surface area is 190 Å². The molecule has 0 bridgehead atoms. The number of nitrogens with zero attached hydrogens (tertiary/aromatic N) is 2. The van der Waals surface area contributed by atoms with Gasteiger partial charge in [-0.3, -0.25) is 9.59 Å². The molecule has 0 aromatic heterocycles. The number of sulfonamides is 1. The smallest absolute Gasteiger partial charge is 0.339 e. The Hall–Kier alpha value is -2.92. The molecular formula is C22H24F3N3O4S. The van der Waals surface area contributed by atoms with Gasteiger partial charge in [-0.25, -0.2) is 12.7 Å². The largest absolute Gasteiger partial charge is 0.416 e. The summed E-state index contributed by atoms with van der Waals surface area (Å²) in [5.74, 6) is -1.05. The van der Waals surface area contributed by atoms with Crippen LogP contribution in [-0.4, -0.2) is 56.6 Å². The van der Waals surface area contributed by atoms with Crippen molar-refractivity contribution >= 4 is 27.5 Å². The summed E-state index contributed by atoms with van der Waals surface area (Å²) in [6, 6.07) is 10.0. The SMILES string of the molecule is CN(C)S(=O)(=O)c1cccc(NC(=O)C2CCN(C(=O)c3ccc(C(F)(F)F)cc3)CC2)c1. The molecule has 7 nitrogen and oxygen atoms in total. The monoisotopic (exact) mass is 483 g/mol. The molecule has 1 fully saturated rings. The number of hydrogen-bond donors (Lipinski definition) is 1. The third kappa shape index (κ3) is 5.72. The summed E-state index contributed by atoms with van der Waals surface area (Å²) in [6.07, 6.45) is -3.70. The van der Waals surface area contributed by atoms with Crippen LogP contribution in [0, 0.1) is 5.92 Å². The average Bonchev–Trinajstić information content (AvgIpc) is 2.78. The Morgan fingerprint density at radius 2 is 1.64 bits per heavy atom. The second kappa shape index (κ2) is 9.52. The quantitative estimate of drug-likeness (QED) is 0.706. The first-order valence-corrected chi connectivity index (χ1v) is 11.6. The lowest BCUT2D eigenvalue weighted by atomic mass is 9.95. The number of halogens is 3. The molecule has 1 aliphatic rings. The zero-order valence-electron chi connectivity index (χ0n) is 18.1. The maximum Gasteiger partial charge on any atom is 0.416 e. The number of anilines is 1. The van der Waals surface area contributed by atoms with Gasteiger partial charge < -0.3 is 10.2 Å². The van der Waals surface area contributed by atoms with Gasteiger partial charge in [0.25, 0.3) is 5.91 Å². The van der Waals surface area contributed by atoms with Crippen molar-refractivity contribution in [1.29, 1.82) is 0 Å². The van der Waals surface area contributed by atoms with Crippen molar-refractivity contribution in [2.75, 3.05) is 32.5 Å². The summed E-state index contributed by atoms with van der Waals surface area (Å²) in [5.41, 5.74) is -0.312. The molecule has 2 amide bonds. The van der Waals surface area contributed by atoms with Gasteiger partial charge in [0.2, 0.25) is 15.9 Å². The molecule has 0 spiro atoms. The van der Waals surface area contributed by atoms with E-state index in [1.807, 2.05) is 0 Å². The van der Waals surface area contributed by atoms with E-state index in [4.69, 9.17) is 0 Å². The molecule has 2 aromatic rings. The number of likely N-dealkylation sites (tertiary alicyclic amines) is 1. The first kappa shape index (κ1) is 24.7. The van der Waals surface area contributed by atoms with Crippen LogP contribution in [0.25, 0.3) is 0 Å². The Bertz CT molecular complexity index is 1120. The summed E-state index contributed by atoms with van der Waals surface area (Å²) in [7, 11) is -0.805. The van der Waals surface area contributed by atoms with E-state index in [0.717, 1.165) is 28.6 Å². The average molecular weight is 484 g/mol. The highest BCUT2D eigenvalue weighted by Gasteiger charge is 2.31. The molecule has 1 aliphatic heterocycles. The number of hydrogen-bond acceptors (Lipinski definition) is 4. The number of carbonyl (C=O) groups is 2. The molecule has 11 heteroatoms. The zero-order chi connectivity index (χ0) is 24.4. The molecule has 2 aromatic carbocycles. The van der Waals surface area contributed by atoms with Crippen molar-refractivity contribution in [2.24, 2.45) is 5.92 Å². The topological polar surface area (TPSA) is 86.8 Å². The molecule has 0 radical (unpaired) electrons. The highest BCUT2D eigenvalue weighted by molar-refractivity contribution is 7.89. The Morgan fingerprint density at radius 3 is 2.18 bits per heavy atom. The second-order valence-corrected chi connectivity index (χ2v) is 10.1. The van der Waals surface area contributed by atoms with Crippen molar-refractivity contribution in [3.8, 4) is 0 Å². The Balaban J connectivity index is 1.59. The van der Waals surface area contributed by atoms with Crippen LogP contribution in [0.3, 0.4) is 0 Å². The standard InChI is InChI=1S/C22H24F3N3O4S/c1-27(2)33(31,32)19-5-3-4-18(14-19)26-20(29)15-10-12-28(13-11-15)21(30)16-6-8-17(9-7-16)22(23,24)25/h3-9,14-15H,10-13H2,1-2H3,(H,26,29). The van der Waals surface area contributed by atoms with Crippen molar-refractivity contribution < 1.29 is 31.2 Å². The number of amides is 2. The van der Waals surface area contributed by atoms with Gasteiger partial charge in [-0.1, -0.05) is 6.07 Å². The van der Waals surface area contributed by atoms with Gasteiger partial charge in [0.15, 0.2) is 0 Å². The van der Waals surface area contributed by atoms with E-state index in [1.165, 1.54) is 37.2 Å². The van der Waals surface area contributed by atoms with E-state index in [0.29, 0.717) is 18.5 Å². The summed E-state index contributed by atoms with van der Waals surface area (Å²) >= 11 is 0. The molecule has 0 unspecified atom stereocenters. The van der Waals surface area contributed by atoms with E-state index in [1.54, 1.807) is 6.07 Å². The molecule has 0 atom stereocenters. The molecule has 0 aliphatic carbocycles. The van der Waals surface area contributed by atoms with Gasteiger partial charge >= 0.3 is 6.18 Å². The van der Waals surface area contributed by atoms with Crippen LogP contribution < -0.4 is 5.32 Å². The predicted octanol–water partition coefficient (Wildman–Crippen LogP) is 3.45. The van der Waals surface area contributed by atoms with Crippen LogP contribution in [0.4, 0.5) is 18.9 Å². The van der Waals surface area contributed by atoms with E-state index in [2.05, 4.69) is 5.32 Å². The van der Waals surface area contributed by atoms with Crippen molar-refractivity contribution in [1.82, 2.24) is 9.21 Å². The molecule has 1 heterocycles. The van der Waals surface area contributed by atoms with Crippen LogP contribution in [-0.2, 0) is 21.0 Å². The van der Waals surface area contributed by atoms with Crippen molar-refractivity contribution in [3.05, 3.63) is 59.7 Å². The summed E-state index contributed by atoms with van der Waals surface area (Å²) in [4.78, 5) is 26.8. The first-order valence-electron chi connectivity index (χ1n) is 10.2. The maximum atomic E-state index is 12.7. The van der Waals surface area contributed by atoms with Gasteiger partial charge in [-0.2, -0.15) is 13.2 Å². The summed E-state index contributed by atoms with van der Waals surface area (Å²) in [6.45, 7) is 0.569. The van der Waals surface area contributed by atoms with Gasteiger partial charge in [0.1, 0.15) is 0 Å². The Kier molecular flexibility index (Phi) is 7.13. The molecule has 1 N–H and O–H groups in total. The minimum Gasteiger partial charge on any atom is -0.339 e. The van der Waals surface area contributed by atoms with Gasteiger partial charge in [-0.15, -0.1) is 0 Å². The van der Waals surface area contributed by atoms with E-state index < -0.39 is 21.8 Å². The fraction of sp³-hybridized carbons (Fsp3) is 0.364. The van der Waals surface area contributed by atoms with Crippen LogP contribution in [0.15, 0.2) is 53.4 Å². The lowest BCUT2D eigenvalue weighted by molar-refractivity contribution is -0.137. The van der Waals surface area contributed by atoms with Gasteiger partial charge in [0.05, 0.1) is 10.5 Å². The van der Waals surface area contributed by atoms with Crippen LogP contribution >= 0.6 is 0 Å². The fourth-order valence-corrected chi connectivity index (χ4v) is 4.47. The molecule has 3 rings (SSSR count). The van der Waals surface area contributed by atoms with Crippen LogP contribution in [0.5, 0.6) is 0 Å². The third-order valence-corrected chi connectivity index (χ3v) is 7.30. The number of carbonyl (C=O) groups excluding carboxylic acids is 2. The summed E-state index contributed by atoms with van der Waals surface area (Å²) < 4.78 is 63.7. The molecular weight excluding hydrogens is 459 g/mol. The normalized spacial score (nSPS) is 15.5. The van der Waals surface area contributed by atoms with Gasteiger partial charge in [0, 0.05) is 44.4 Å². The van der Waals surface area contributed by atoms with E-state index >= 15 is 0 Å². The van der Waals surface area contributed by atoms with Gasteiger partial charge in [-0.05, 0) is 55.3 Å². The lowest BCUT2D eigenvalue weighted by Gasteiger charge is -2.31. The number of nitrogens with one attached hydrogen (secondary N) is 1. The number of piperidine rings is 1. The molecule has 0 saturated carbocycles. The zero-order valence-corrected chi connectivity index (χ0v) is 18.9. The Morgan fingerprint density at radius 1 is 1.03 bits per heavy atom. The minimum absolute atomic E-state index is 0.0576.